The van der Waals surface area contributed by atoms with Crippen LogP contribution in [0.1, 0.15) is 56.1 Å². The summed E-state index contributed by atoms with van der Waals surface area (Å²) in [6, 6.07) is 15.9. The first-order valence-corrected chi connectivity index (χ1v) is 12.2. The van der Waals surface area contributed by atoms with Crippen molar-refractivity contribution in [2.75, 3.05) is 13.2 Å². The molecule has 0 aliphatic heterocycles. The lowest BCUT2D eigenvalue weighted by Gasteiger charge is -2.23. The van der Waals surface area contributed by atoms with Crippen LogP contribution in [-0.4, -0.2) is 42.3 Å². The molecule has 0 heterocycles. The molecule has 0 saturated heterocycles. The number of amides is 2. The molecule has 1 saturated carbocycles. The maximum atomic E-state index is 12.6. The third-order valence-corrected chi connectivity index (χ3v) is 7.01. The van der Waals surface area contributed by atoms with E-state index in [9.17, 15) is 19.5 Å². The van der Waals surface area contributed by atoms with Gasteiger partial charge in [-0.2, -0.15) is 0 Å². The van der Waals surface area contributed by atoms with Gasteiger partial charge in [0.1, 0.15) is 6.61 Å². The van der Waals surface area contributed by atoms with E-state index in [1.807, 2.05) is 24.3 Å². The highest BCUT2D eigenvalue weighted by Gasteiger charge is 2.31. The zero-order valence-corrected chi connectivity index (χ0v) is 20.0. The van der Waals surface area contributed by atoms with Crippen molar-refractivity contribution < 1.29 is 24.2 Å². The predicted octanol–water partition coefficient (Wildman–Crippen LogP) is 4.62. The molecule has 0 bridgehead atoms. The van der Waals surface area contributed by atoms with E-state index in [1.165, 1.54) is 11.1 Å². The smallest absolute Gasteiger partial charge is 0.407 e. The number of carbonyl (C=O) groups excluding carboxylic acids is 2. The molecule has 2 aliphatic carbocycles. The summed E-state index contributed by atoms with van der Waals surface area (Å²) in [5.41, 5.74) is 5.05. The summed E-state index contributed by atoms with van der Waals surface area (Å²) in [6.45, 7) is 2.02. The zero-order valence-electron chi connectivity index (χ0n) is 20.0. The zero-order chi connectivity index (χ0) is 24.8. The highest BCUT2D eigenvalue weighted by Crippen LogP contribution is 2.44. The largest absolute Gasteiger partial charge is 0.481 e. The molecule has 2 aromatic rings. The number of ether oxygens (including phenoxy) is 1. The Morgan fingerprint density at radius 3 is 2.26 bits per heavy atom. The molecule has 184 valence electrons. The van der Waals surface area contributed by atoms with Crippen LogP contribution in [0, 0.1) is 5.92 Å². The molecule has 35 heavy (non-hydrogen) atoms. The Balaban J connectivity index is 1.28. The van der Waals surface area contributed by atoms with Crippen molar-refractivity contribution in [3.63, 3.8) is 0 Å². The summed E-state index contributed by atoms with van der Waals surface area (Å²) in [5, 5.41) is 15.0. The molecule has 7 nitrogen and oxygen atoms in total. The van der Waals surface area contributed by atoms with Gasteiger partial charge in [0.15, 0.2) is 0 Å². The van der Waals surface area contributed by atoms with Crippen LogP contribution in [0.3, 0.4) is 0 Å². The number of aliphatic carboxylic acids is 1. The monoisotopic (exact) mass is 476 g/mol. The number of fused-ring (bicyclic) bond motifs is 3. The minimum atomic E-state index is -0.865. The summed E-state index contributed by atoms with van der Waals surface area (Å²) >= 11 is 0. The maximum Gasteiger partial charge on any atom is 0.407 e. The number of benzene rings is 2. The van der Waals surface area contributed by atoms with Crippen LogP contribution in [0.2, 0.25) is 0 Å². The number of alkyl carbamates (subject to hydrolysis) is 1. The molecular formula is C28H32N2O5. The Morgan fingerprint density at radius 1 is 0.971 bits per heavy atom. The Labute approximate surface area is 205 Å². The van der Waals surface area contributed by atoms with E-state index >= 15 is 0 Å². The quantitative estimate of drug-likeness (QED) is 0.400. The summed E-state index contributed by atoms with van der Waals surface area (Å²) in [5.74, 6) is -1.75. The lowest BCUT2D eigenvalue weighted by molar-refractivity contribution is -0.143. The maximum absolute atomic E-state index is 12.6. The second-order valence-electron chi connectivity index (χ2n) is 9.26. The van der Waals surface area contributed by atoms with Crippen LogP contribution < -0.4 is 10.6 Å². The first kappa shape index (κ1) is 24.5. The molecule has 2 aromatic carbocycles. The van der Waals surface area contributed by atoms with Crippen molar-refractivity contribution >= 4 is 18.0 Å². The van der Waals surface area contributed by atoms with Crippen molar-refractivity contribution in [2.24, 2.45) is 5.92 Å². The molecule has 3 N–H and O–H groups in total. The van der Waals surface area contributed by atoms with Crippen molar-refractivity contribution in [2.45, 2.75) is 51.0 Å². The fourth-order valence-corrected chi connectivity index (χ4v) is 5.09. The van der Waals surface area contributed by atoms with Gasteiger partial charge in [0, 0.05) is 24.1 Å². The molecule has 0 radical (unpaired) electrons. The average Bonchev–Trinajstić information content (AvgIpc) is 2.98. The van der Waals surface area contributed by atoms with E-state index < -0.39 is 18.0 Å². The first-order chi connectivity index (χ1) is 17.0. The molecule has 1 fully saturated rings. The van der Waals surface area contributed by atoms with Crippen LogP contribution >= 0.6 is 0 Å². The molecular weight excluding hydrogens is 444 g/mol. The topological polar surface area (TPSA) is 105 Å². The third kappa shape index (κ3) is 5.73. The molecule has 0 spiro atoms. The summed E-state index contributed by atoms with van der Waals surface area (Å²) in [7, 11) is 0. The molecule has 0 aromatic heterocycles. The van der Waals surface area contributed by atoms with Crippen LogP contribution in [0.15, 0.2) is 60.2 Å². The van der Waals surface area contributed by atoms with Gasteiger partial charge >= 0.3 is 12.1 Å². The number of carbonyl (C=O) groups is 3. The standard InChI is InChI=1S/C28H32N2O5/c1-18(26(31)30-25-14-4-2-3-13-23(25)27(32)33)15-16-29-28(34)35-17-24-21-11-7-5-9-19(21)20-10-6-8-12-22(20)24/h5-12,15,23-25H,2-4,13-14,16-17H2,1H3,(H,29,34)(H,30,31)(H,32,33)/b18-15+. The van der Waals surface area contributed by atoms with Gasteiger partial charge < -0.3 is 20.5 Å². The van der Waals surface area contributed by atoms with E-state index in [1.54, 1.807) is 13.0 Å². The predicted molar refractivity (Wildman–Crippen MR) is 133 cm³/mol. The molecule has 2 unspecified atom stereocenters. The average molecular weight is 477 g/mol. The molecule has 2 amide bonds. The Hall–Kier alpha value is -3.61. The SMILES string of the molecule is C/C(=C\CNC(=O)OCC1c2ccccc2-c2ccccc21)C(=O)NC1CCCCCC1C(=O)O. The van der Waals surface area contributed by atoms with E-state index in [-0.39, 0.29) is 31.0 Å². The second kappa shape index (κ2) is 11.2. The van der Waals surface area contributed by atoms with Gasteiger partial charge in [-0.05, 0) is 42.0 Å². The summed E-state index contributed by atoms with van der Waals surface area (Å²) < 4.78 is 5.51. The first-order valence-electron chi connectivity index (χ1n) is 12.2. The van der Waals surface area contributed by atoms with E-state index in [4.69, 9.17) is 4.74 Å². The third-order valence-electron chi connectivity index (χ3n) is 7.01. The second-order valence-corrected chi connectivity index (χ2v) is 9.26. The number of nitrogens with one attached hydrogen (secondary N) is 2. The van der Waals surface area contributed by atoms with E-state index in [2.05, 4.69) is 34.9 Å². The molecule has 7 heteroatoms. The van der Waals surface area contributed by atoms with Crippen LogP contribution in [0.25, 0.3) is 11.1 Å². The van der Waals surface area contributed by atoms with Crippen molar-refractivity contribution in [1.82, 2.24) is 10.6 Å². The minimum Gasteiger partial charge on any atom is -0.481 e. The van der Waals surface area contributed by atoms with Gasteiger partial charge in [-0.3, -0.25) is 9.59 Å². The van der Waals surface area contributed by atoms with Gasteiger partial charge in [-0.25, -0.2) is 4.79 Å². The Bertz CT molecular complexity index is 1080. The number of hydrogen-bond acceptors (Lipinski definition) is 4. The summed E-state index contributed by atoms with van der Waals surface area (Å²) in [6.07, 6.45) is 5.05. The molecule has 4 rings (SSSR count). The fourth-order valence-electron chi connectivity index (χ4n) is 5.09. The van der Waals surface area contributed by atoms with Crippen LogP contribution in [-0.2, 0) is 14.3 Å². The number of carboxylic acids is 1. The lowest BCUT2D eigenvalue weighted by Crippen LogP contribution is -2.43. The van der Waals surface area contributed by atoms with Gasteiger partial charge in [0.25, 0.3) is 0 Å². The number of carboxylic acid groups (broad SMARTS) is 1. The van der Waals surface area contributed by atoms with E-state index in [0.717, 1.165) is 30.4 Å². The minimum absolute atomic E-state index is 0.0158. The normalized spacial score (nSPS) is 19.7. The summed E-state index contributed by atoms with van der Waals surface area (Å²) in [4.78, 5) is 36.5. The fraction of sp³-hybridized carbons (Fsp3) is 0.393. The van der Waals surface area contributed by atoms with Crippen LogP contribution in [0.4, 0.5) is 4.79 Å². The van der Waals surface area contributed by atoms with Crippen molar-refractivity contribution in [3.05, 3.63) is 71.3 Å². The van der Waals surface area contributed by atoms with Gasteiger partial charge in [0.05, 0.1) is 5.92 Å². The number of rotatable bonds is 7. The van der Waals surface area contributed by atoms with Gasteiger partial charge in [-0.1, -0.05) is 73.9 Å². The number of hydrogen-bond donors (Lipinski definition) is 3. The van der Waals surface area contributed by atoms with Crippen molar-refractivity contribution in [3.8, 4) is 11.1 Å². The van der Waals surface area contributed by atoms with Gasteiger partial charge in [0.2, 0.25) is 5.91 Å². The lowest BCUT2D eigenvalue weighted by atomic mass is 9.94. The Morgan fingerprint density at radius 2 is 1.60 bits per heavy atom. The van der Waals surface area contributed by atoms with E-state index in [0.29, 0.717) is 18.4 Å². The molecule has 2 atom stereocenters. The highest BCUT2D eigenvalue weighted by molar-refractivity contribution is 5.93. The molecule has 2 aliphatic rings. The van der Waals surface area contributed by atoms with Gasteiger partial charge in [-0.15, -0.1) is 0 Å². The van der Waals surface area contributed by atoms with Crippen LogP contribution in [0.5, 0.6) is 0 Å². The Kier molecular flexibility index (Phi) is 7.85. The van der Waals surface area contributed by atoms with Crippen molar-refractivity contribution in [1.29, 1.82) is 0 Å². The highest BCUT2D eigenvalue weighted by atomic mass is 16.5.